The van der Waals surface area contributed by atoms with Crippen LogP contribution in [0, 0.1) is 0 Å². The van der Waals surface area contributed by atoms with E-state index in [1.165, 1.54) is 12.8 Å². The summed E-state index contributed by atoms with van der Waals surface area (Å²) in [5, 5.41) is 12.1. The van der Waals surface area contributed by atoms with Crippen molar-refractivity contribution in [2.24, 2.45) is 0 Å². The maximum absolute atomic E-state index is 5.79. The first-order chi connectivity index (χ1) is 12.2. The van der Waals surface area contributed by atoms with Gasteiger partial charge < -0.3 is 10.1 Å². The molecule has 8 nitrogen and oxygen atoms in total. The minimum atomic E-state index is 0.188. The summed E-state index contributed by atoms with van der Waals surface area (Å²) in [6.07, 6.45) is 6.07. The Kier molecular flexibility index (Phi) is 4.27. The quantitative estimate of drug-likeness (QED) is 0.771. The maximum Gasteiger partial charge on any atom is 0.246 e. The third-order valence-corrected chi connectivity index (χ3v) is 4.34. The van der Waals surface area contributed by atoms with Crippen LogP contribution in [0.5, 0.6) is 5.75 Å². The second kappa shape index (κ2) is 6.72. The number of nitrogens with zero attached hydrogens (tertiary/aromatic N) is 6. The van der Waals surface area contributed by atoms with Gasteiger partial charge in [-0.3, -0.25) is 0 Å². The van der Waals surface area contributed by atoms with E-state index < -0.39 is 0 Å². The van der Waals surface area contributed by atoms with Gasteiger partial charge in [-0.05, 0) is 36.6 Å². The van der Waals surface area contributed by atoms with Gasteiger partial charge in [0.15, 0.2) is 0 Å². The van der Waals surface area contributed by atoms with Crippen LogP contribution in [0.15, 0.2) is 24.5 Å². The second-order valence-corrected chi connectivity index (χ2v) is 6.19. The highest BCUT2D eigenvalue weighted by Gasteiger charge is 2.14. The zero-order valence-electron chi connectivity index (χ0n) is 13.8. The molecule has 1 aliphatic heterocycles. The first-order valence-electron chi connectivity index (χ1n) is 8.19. The molecule has 1 N–H and O–H groups in total. The number of methoxy groups -OCH3 is 1. The van der Waals surface area contributed by atoms with Crippen molar-refractivity contribution in [2.45, 2.75) is 32.2 Å². The fourth-order valence-electron chi connectivity index (χ4n) is 2.95. The van der Waals surface area contributed by atoms with E-state index in [2.05, 4.69) is 25.5 Å². The second-order valence-electron chi connectivity index (χ2n) is 5.86. The van der Waals surface area contributed by atoms with Gasteiger partial charge in [0.2, 0.25) is 11.2 Å². The molecular weight excluding hydrogens is 342 g/mol. The van der Waals surface area contributed by atoms with E-state index in [0.717, 1.165) is 36.6 Å². The predicted molar refractivity (Wildman–Crippen MR) is 93.8 cm³/mol. The summed E-state index contributed by atoms with van der Waals surface area (Å²) >= 11 is 5.79. The van der Waals surface area contributed by atoms with Gasteiger partial charge in [0.05, 0.1) is 7.11 Å². The van der Waals surface area contributed by atoms with Gasteiger partial charge in [-0.25, -0.2) is 14.3 Å². The monoisotopic (exact) mass is 359 g/mol. The average molecular weight is 360 g/mol. The van der Waals surface area contributed by atoms with Crippen molar-refractivity contribution in [3.63, 3.8) is 0 Å². The molecule has 1 aliphatic rings. The summed E-state index contributed by atoms with van der Waals surface area (Å²) in [5.41, 5.74) is 1.59. The van der Waals surface area contributed by atoms with Crippen LogP contribution in [0.1, 0.15) is 25.1 Å². The van der Waals surface area contributed by atoms with Crippen LogP contribution in [0.4, 0.5) is 11.6 Å². The first kappa shape index (κ1) is 15.9. The molecule has 3 heterocycles. The van der Waals surface area contributed by atoms with Crippen molar-refractivity contribution in [3.05, 3.63) is 35.6 Å². The zero-order chi connectivity index (χ0) is 17.2. The van der Waals surface area contributed by atoms with Gasteiger partial charge >= 0.3 is 0 Å². The lowest BCUT2D eigenvalue weighted by atomic mass is 10.2. The molecule has 25 heavy (non-hydrogen) atoms. The number of rotatable bonds is 4. The molecule has 3 aromatic rings. The third kappa shape index (κ3) is 3.30. The summed E-state index contributed by atoms with van der Waals surface area (Å²) < 4.78 is 9.04. The van der Waals surface area contributed by atoms with Gasteiger partial charge in [-0.1, -0.05) is 6.42 Å². The number of benzene rings is 1. The number of fused-ring (bicyclic) bond motifs is 1. The number of hydrogen-bond donors (Lipinski definition) is 1. The molecule has 0 fully saturated rings. The molecule has 0 atom stereocenters. The Morgan fingerprint density at radius 2 is 2.12 bits per heavy atom. The minimum Gasteiger partial charge on any atom is -0.494 e. The number of nitrogens with one attached hydrogen (secondary N) is 1. The number of hydrogen-bond acceptors (Lipinski definition) is 6. The Balaban J connectivity index is 1.59. The summed E-state index contributed by atoms with van der Waals surface area (Å²) in [5.74, 6) is 2.30. The van der Waals surface area contributed by atoms with Gasteiger partial charge in [0.25, 0.3) is 0 Å². The number of anilines is 2. The smallest absolute Gasteiger partial charge is 0.246 e. The van der Waals surface area contributed by atoms with E-state index >= 15 is 0 Å². The predicted octanol–water partition coefficient (Wildman–Crippen LogP) is 2.99. The minimum absolute atomic E-state index is 0.188. The van der Waals surface area contributed by atoms with Crippen LogP contribution in [0.2, 0.25) is 5.28 Å². The highest BCUT2D eigenvalue weighted by molar-refractivity contribution is 6.28. The highest BCUT2D eigenvalue weighted by Crippen LogP contribution is 2.28. The molecule has 0 saturated heterocycles. The van der Waals surface area contributed by atoms with Crippen molar-refractivity contribution < 1.29 is 4.74 Å². The van der Waals surface area contributed by atoms with Crippen LogP contribution < -0.4 is 10.1 Å². The molecule has 0 amide bonds. The molecule has 2 aromatic heterocycles. The summed E-state index contributed by atoms with van der Waals surface area (Å²) in [6, 6.07) is 5.67. The lowest BCUT2D eigenvalue weighted by Crippen LogP contribution is -2.02. The van der Waals surface area contributed by atoms with Crippen molar-refractivity contribution in [1.29, 1.82) is 0 Å². The average Bonchev–Trinajstić information content (AvgIpc) is 3.15. The van der Waals surface area contributed by atoms with E-state index in [9.17, 15) is 0 Å². The van der Waals surface area contributed by atoms with Crippen molar-refractivity contribution in [3.8, 4) is 11.4 Å². The van der Waals surface area contributed by atoms with Crippen LogP contribution in [-0.4, -0.2) is 36.6 Å². The normalized spacial score (nSPS) is 14.0. The summed E-state index contributed by atoms with van der Waals surface area (Å²) in [4.78, 5) is 8.53. The van der Waals surface area contributed by atoms with Crippen molar-refractivity contribution in [1.82, 2.24) is 29.5 Å². The Morgan fingerprint density at radius 1 is 1.20 bits per heavy atom. The number of ether oxygens (including phenoxy) is 1. The molecule has 130 valence electrons. The molecule has 9 heteroatoms. The van der Waals surface area contributed by atoms with E-state index in [-0.39, 0.29) is 5.28 Å². The molecule has 0 radical (unpaired) electrons. The molecular formula is C16H18ClN7O. The summed E-state index contributed by atoms with van der Waals surface area (Å²) in [7, 11) is 1.61. The van der Waals surface area contributed by atoms with Crippen molar-refractivity contribution >= 4 is 23.2 Å². The Morgan fingerprint density at radius 3 is 2.92 bits per heavy atom. The zero-order valence-corrected chi connectivity index (χ0v) is 14.6. The van der Waals surface area contributed by atoms with Gasteiger partial charge in [0, 0.05) is 24.7 Å². The topological polar surface area (TPSA) is 82.7 Å². The number of aryl methyl sites for hydroxylation is 2. The van der Waals surface area contributed by atoms with Crippen LogP contribution in [-0.2, 0) is 13.0 Å². The van der Waals surface area contributed by atoms with Gasteiger partial charge in [-0.2, -0.15) is 4.98 Å². The number of halogens is 1. The Hall–Kier alpha value is -2.61. The van der Waals surface area contributed by atoms with Crippen LogP contribution >= 0.6 is 11.6 Å². The molecule has 0 saturated carbocycles. The van der Waals surface area contributed by atoms with Crippen LogP contribution in [0.25, 0.3) is 5.69 Å². The molecule has 1 aromatic carbocycles. The lowest BCUT2D eigenvalue weighted by Gasteiger charge is -2.10. The lowest BCUT2D eigenvalue weighted by molar-refractivity contribution is 0.412. The van der Waals surface area contributed by atoms with Gasteiger partial charge in [-0.15, -0.1) is 10.2 Å². The number of aromatic nitrogens is 6. The highest BCUT2D eigenvalue weighted by atomic mass is 35.5. The van der Waals surface area contributed by atoms with Gasteiger partial charge in [0.1, 0.15) is 23.6 Å². The SMILES string of the molecule is COc1cc(Nc2nc3n(n2)CCCCC3)ccc1-n1cnc(Cl)n1. The molecule has 4 rings (SSSR count). The van der Waals surface area contributed by atoms with E-state index in [4.69, 9.17) is 16.3 Å². The van der Waals surface area contributed by atoms with Crippen LogP contribution in [0.3, 0.4) is 0 Å². The molecule has 0 aliphatic carbocycles. The van der Waals surface area contributed by atoms with E-state index in [0.29, 0.717) is 11.7 Å². The third-order valence-electron chi connectivity index (χ3n) is 4.17. The molecule has 0 bridgehead atoms. The largest absolute Gasteiger partial charge is 0.494 e. The first-order valence-corrected chi connectivity index (χ1v) is 8.57. The maximum atomic E-state index is 5.79. The Labute approximate surface area is 149 Å². The van der Waals surface area contributed by atoms with E-state index in [1.54, 1.807) is 18.1 Å². The Bertz CT molecular complexity index is 865. The standard InChI is InChI=1S/C16H18ClN7O/c1-25-13-9-11(6-7-12(13)24-10-18-15(17)21-24)19-16-20-14-5-3-2-4-8-23(14)22-16/h6-7,9-10H,2-5,8H2,1H3,(H,19,22). The molecule has 0 unspecified atom stereocenters. The fourth-order valence-corrected chi connectivity index (χ4v) is 3.07. The fraction of sp³-hybridized carbons (Fsp3) is 0.375. The molecule has 0 spiro atoms. The van der Waals surface area contributed by atoms with E-state index in [1.807, 2.05) is 22.9 Å². The van der Waals surface area contributed by atoms with Crippen molar-refractivity contribution in [2.75, 3.05) is 12.4 Å². The summed E-state index contributed by atoms with van der Waals surface area (Å²) in [6.45, 7) is 0.930.